The van der Waals surface area contributed by atoms with Gasteiger partial charge in [0.05, 0.1) is 11.2 Å². The summed E-state index contributed by atoms with van der Waals surface area (Å²) in [5.41, 5.74) is 8.92. The van der Waals surface area contributed by atoms with Crippen molar-refractivity contribution in [1.82, 2.24) is 15.8 Å². The number of carbonyl (C=O) groups is 1. The molecule has 86 valence electrons. The van der Waals surface area contributed by atoms with Crippen molar-refractivity contribution in [3.05, 3.63) is 11.9 Å². The number of hydrogen-bond acceptors (Lipinski definition) is 4. The Labute approximate surface area is 90.7 Å². The lowest BCUT2D eigenvalue weighted by Gasteiger charge is -2.40. The summed E-state index contributed by atoms with van der Waals surface area (Å²) in [5.74, 6) is -0.0376. The van der Waals surface area contributed by atoms with Crippen LogP contribution < -0.4 is 16.5 Å². The first kappa shape index (κ1) is 11.8. The molecule has 1 amide bonds. The smallest absolute Gasteiger partial charge is 0.264 e. The number of hydrogen-bond donors (Lipinski definition) is 3. The van der Waals surface area contributed by atoms with E-state index in [9.17, 15) is 4.79 Å². The third-order valence-corrected chi connectivity index (χ3v) is 2.24. The Morgan fingerprint density at radius 2 is 2.20 bits per heavy atom. The molecule has 1 unspecified atom stereocenters. The molecule has 0 aromatic carbocycles. The minimum absolute atomic E-state index is 0.0376. The number of nitrogens with zero attached hydrogens (tertiary/aromatic N) is 1. The molecule has 0 aliphatic carbocycles. The Balaban J connectivity index is 2.88. The molecule has 0 spiro atoms. The Hall–Kier alpha value is -1.23. The van der Waals surface area contributed by atoms with Crippen LogP contribution in [0.25, 0.3) is 0 Å². The van der Waals surface area contributed by atoms with Gasteiger partial charge in [-0.2, -0.15) is 0 Å². The van der Waals surface area contributed by atoms with Gasteiger partial charge < -0.3 is 16.5 Å². The summed E-state index contributed by atoms with van der Waals surface area (Å²) in [6, 6.07) is -0.407. The standard InChI is InChI=1S/C10H20N4O/c1-5-12-8-7(11)6-13-14(9(8)15)10(2,3)4/h6,8,12-13H,5,11H2,1-4H3. The van der Waals surface area contributed by atoms with E-state index in [1.54, 1.807) is 11.2 Å². The van der Waals surface area contributed by atoms with Gasteiger partial charge in [0, 0.05) is 6.20 Å². The molecule has 5 heteroatoms. The van der Waals surface area contributed by atoms with Gasteiger partial charge in [-0.15, -0.1) is 0 Å². The van der Waals surface area contributed by atoms with E-state index in [2.05, 4.69) is 10.7 Å². The number of carbonyl (C=O) groups excluding carboxylic acids is 1. The second kappa shape index (κ2) is 4.10. The molecular formula is C10H20N4O. The average Bonchev–Trinajstić information content (AvgIpc) is 2.09. The van der Waals surface area contributed by atoms with Crippen LogP contribution in [0.4, 0.5) is 0 Å². The molecule has 0 saturated heterocycles. The minimum Gasteiger partial charge on any atom is -0.399 e. The normalized spacial score (nSPS) is 22.4. The van der Waals surface area contributed by atoms with Gasteiger partial charge in [-0.25, -0.2) is 5.01 Å². The molecule has 1 rings (SSSR count). The lowest BCUT2D eigenvalue weighted by molar-refractivity contribution is -0.141. The SMILES string of the molecule is CCNC1C(=O)N(C(C)(C)C)NC=C1N. The van der Waals surface area contributed by atoms with Crippen LogP contribution in [0.15, 0.2) is 11.9 Å². The minimum atomic E-state index is -0.407. The number of hydrazine groups is 1. The molecule has 4 N–H and O–H groups in total. The first-order valence-corrected chi connectivity index (χ1v) is 5.17. The fraction of sp³-hybridized carbons (Fsp3) is 0.700. The van der Waals surface area contributed by atoms with E-state index in [-0.39, 0.29) is 11.4 Å². The zero-order valence-electron chi connectivity index (χ0n) is 9.79. The van der Waals surface area contributed by atoms with Crippen LogP contribution in [0.3, 0.4) is 0 Å². The Bertz CT molecular complexity index is 280. The number of amides is 1. The first-order chi connectivity index (χ1) is 6.88. The van der Waals surface area contributed by atoms with E-state index in [1.165, 1.54) is 0 Å². The van der Waals surface area contributed by atoms with Gasteiger partial charge in [-0.1, -0.05) is 6.92 Å². The Morgan fingerprint density at radius 3 is 2.67 bits per heavy atom. The second-order valence-electron chi connectivity index (χ2n) is 4.61. The quantitative estimate of drug-likeness (QED) is 0.598. The number of nitrogens with two attached hydrogens (primary N) is 1. The van der Waals surface area contributed by atoms with E-state index in [4.69, 9.17) is 5.73 Å². The summed E-state index contributed by atoms with van der Waals surface area (Å²) in [6.07, 6.45) is 1.67. The highest BCUT2D eigenvalue weighted by atomic mass is 16.2. The van der Waals surface area contributed by atoms with Crippen molar-refractivity contribution >= 4 is 5.91 Å². The molecule has 0 bridgehead atoms. The molecule has 0 aromatic rings. The fourth-order valence-corrected chi connectivity index (χ4v) is 1.49. The van der Waals surface area contributed by atoms with Crippen LogP contribution in [-0.4, -0.2) is 29.0 Å². The lowest BCUT2D eigenvalue weighted by atomic mass is 10.0. The van der Waals surface area contributed by atoms with Gasteiger partial charge in [0.2, 0.25) is 0 Å². The predicted molar refractivity (Wildman–Crippen MR) is 59.5 cm³/mol. The fourth-order valence-electron chi connectivity index (χ4n) is 1.49. The van der Waals surface area contributed by atoms with Crippen molar-refractivity contribution in [2.75, 3.05) is 6.54 Å². The van der Waals surface area contributed by atoms with Gasteiger partial charge in [-0.05, 0) is 27.3 Å². The highest BCUT2D eigenvalue weighted by Crippen LogP contribution is 2.16. The van der Waals surface area contributed by atoms with Crippen molar-refractivity contribution in [3.63, 3.8) is 0 Å². The van der Waals surface area contributed by atoms with E-state index in [0.29, 0.717) is 12.2 Å². The van der Waals surface area contributed by atoms with E-state index in [0.717, 1.165) is 0 Å². The largest absolute Gasteiger partial charge is 0.399 e. The monoisotopic (exact) mass is 212 g/mol. The van der Waals surface area contributed by atoms with E-state index < -0.39 is 6.04 Å². The molecule has 1 heterocycles. The maximum absolute atomic E-state index is 12.1. The summed E-state index contributed by atoms with van der Waals surface area (Å²) in [4.78, 5) is 12.1. The maximum Gasteiger partial charge on any atom is 0.264 e. The van der Waals surface area contributed by atoms with E-state index in [1.807, 2.05) is 27.7 Å². The van der Waals surface area contributed by atoms with Crippen molar-refractivity contribution in [3.8, 4) is 0 Å². The van der Waals surface area contributed by atoms with Crippen LogP contribution in [0, 0.1) is 0 Å². The molecule has 15 heavy (non-hydrogen) atoms. The van der Waals surface area contributed by atoms with Crippen molar-refractivity contribution < 1.29 is 4.79 Å². The van der Waals surface area contributed by atoms with Crippen molar-refractivity contribution in [1.29, 1.82) is 0 Å². The zero-order chi connectivity index (χ0) is 11.6. The summed E-state index contributed by atoms with van der Waals surface area (Å²) >= 11 is 0. The second-order valence-corrected chi connectivity index (χ2v) is 4.61. The number of likely N-dealkylation sites (N-methyl/N-ethyl adjacent to an activating group) is 1. The van der Waals surface area contributed by atoms with E-state index >= 15 is 0 Å². The predicted octanol–water partition coefficient (Wildman–Crippen LogP) is -0.0901. The average molecular weight is 212 g/mol. The molecule has 0 radical (unpaired) electrons. The molecule has 0 fully saturated rings. The van der Waals surface area contributed by atoms with Crippen LogP contribution >= 0.6 is 0 Å². The van der Waals surface area contributed by atoms with Crippen molar-refractivity contribution in [2.24, 2.45) is 5.73 Å². The highest BCUT2D eigenvalue weighted by molar-refractivity contribution is 5.86. The number of rotatable bonds is 2. The first-order valence-electron chi connectivity index (χ1n) is 5.17. The maximum atomic E-state index is 12.1. The summed E-state index contributed by atoms with van der Waals surface area (Å²) in [7, 11) is 0. The highest BCUT2D eigenvalue weighted by Gasteiger charge is 2.35. The molecule has 5 nitrogen and oxygen atoms in total. The van der Waals surface area contributed by atoms with Crippen LogP contribution in [0.2, 0.25) is 0 Å². The topological polar surface area (TPSA) is 70.4 Å². The summed E-state index contributed by atoms with van der Waals surface area (Å²) in [5, 5.41) is 4.66. The van der Waals surface area contributed by atoms with Gasteiger partial charge in [0.25, 0.3) is 5.91 Å². The van der Waals surface area contributed by atoms with Crippen LogP contribution in [-0.2, 0) is 4.79 Å². The molecule has 0 saturated carbocycles. The Kier molecular flexibility index (Phi) is 3.24. The lowest BCUT2D eigenvalue weighted by Crippen LogP contribution is -2.62. The molecule has 1 atom stereocenters. The van der Waals surface area contributed by atoms with Gasteiger partial charge in [-0.3, -0.25) is 4.79 Å². The van der Waals surface area contributed by atoms with Crippen molar-refractivity contribution in [2.45, 2.75) is 39.3 Å². The molecular weight excluding hydrogens is 192 g/mol. The third-order valence-electron chi connectivity index (χ3n) is 2.24. The third kappa shape index (κ3) is 2.41. The molecule has 1 aliphatic rings. The molecule has 1 aliphatic heterocycles. The van der Waals surface area contributed by atoms with Gasteiger partial charge in [0.15, 0.2) is 0 Å². The molecule has 0 aromatic heterocycles. The van der Waals surface area contributed by atoms with Gasteiger partial charge >= 0.3 is 0 Å². The summed E-state index contributed by atoms with van der Waals surface area (Å²) < 4.78 is 0. The van der Waals surface area contributed by atoms with Crippen LogP contribution in [0.5, 0.6) is 0 Å². The van der Waals surface area contributed by atoms with Gasteiger partial charge in [0.1, 0.15) is 6.04 Å². The summed E-state index contributed by atoms with van der Waals surface area (Å²) in [6.45, 7) is 8.57. The zero-order valence-corrected chi connectivity index (χ0v) is 9.79. The number of nitrogens with one attached hydrogen (secondary N) is 2. The Morgan fingerprint density at radius 1 is 1.60 bits per heavy atom. The van der Waals surface area contributed by atoms with Crippen LogP contribution in [0.1, 0.15) is 27.7 Å².